The maximum Gasteiger partial charge on any atom is 0.107 e. The lowest BCUT2D eigenvalue weighted by atomic mass is 10.0. The van der Waals surface area contributed by atoms with Gasteiger partial charge in [0.15, 0.2) is 0 Å². The molecule has 0 fully saturated rings. The third-order valence-corrected chi connectivity index (χ3v) is 4.72. The van der Waals surface area contributed by atoms with E-state index in [4.69, 9.17) is 0 Å². The van der Waals surface area contributed by atoms with Gasteiger partial charge in [-0.05, 0) is 43.5 Å². The third-order valence-electron chi connectivity index (χ3n) is 2.46. The van der Waals surface area contributed by atoms with Gasteiger partial charge in [-0.2, -0.15) is 0 Å². The van der Waals surface area contributed by atoms with E-state index in [1.807, 2.05) is 24.2 Å². The molecule has 0 spiro atoms. The highest BCUT2D eigenvalue weighted by atomic mass is 79.9. The molecule has 0 N–H and O–H groups in total. The van der Waals surface area contributed by atoms with Gasteiger partial charge >= 0.3 is 0 Å². The molecule has 0 amide bonds. The lowest BCUT2D eigenvalue weighted by Crippen LogP contribution is -2.08. The summed E-state index contributed by atoms with van der Waals surface area (Å²) in [5.41, 5.74) is 2.54. The number of halogens is 2. The topological polar surface area (TPSA) is 25.2 Å². The first-order chi connectivity index (χ1) is 7.24. The number of aliphatic imine (C=N–C) groups is 1. The molecule has 0 aliphatic carbocycles. The summed E-state index contributed by atoms with van der Waals surface area (Å²) in [4.78, 5) is 9.87. The van der Waals surface area contributed by atoms with Crippen molar-refractivity contribution in [3.8, 4) is 0 Å². The van der Waals surface area contributed by atoms with Crippen LogP contribution in [0.15, 0.2) is 33.0 Å². The van der Waals surface area contributed by atoms with E-state index in [-0.39, 0.29) is 0 Å². The van der Waals surface area contributed by atoms with Crippen LogP contribution in [0, 0.1) is 0 Å². The first kappa shape index (κ1) is 10.1. The van der Waals surface area contributed by atoms with Crippen LogP contribution in [0.2, 0.25) is 0 Å². The van der Waals surface area contributed by atoms with Gasteiger partial charge < -0.3 is 0 Å². The lowest BCUT2D eigenvalue weighted by molar-refractivity contribution is 1.13. The van der Waals surface area contributed by atoms with Gasteiger partial charge in [0.05, 0.1) is 4.62 Å². The summed E-state index contributed by atoms with van der Waals surface area (Å²) in [7, 11) is 0. The molecule has 0 bridgehead atoms. The minimum Gasteiger partial charge on any atom is -0.253 e. The Balaban J connectivity index is 2.11. The summed E-state index contributed by atoms with van der Waals surface area (Å²) in [6.07, 6.45) is 4.85. The molecule has 5 heteroatoms. The smallest absolute Gasteiger partial charge is 0.107 e. The first-order valence-electron chi connectivity index (χ1n) is 4.49. The zero-order valence-corrected chi connectivity index (χ0v) is 11.6. The van der Waals surface area contributed by atoms with Crippen LogP contribution < -0.4 is 0 Å². The summed E-state index contributed by atoms with van der Waals surface area (Å²) < 4.78 is 1.93. The molecule has 1 unspecified atom stereocenters. The van der Waals surface area contributed by atoms with Crippen LogP contribution in [-0.4, -0.2) is 14.9 Å². The summed E-state index contributed by atoms with van der Waals surface area (Å²) >= 11 is 8.73. The van der Waals surface area contributed by atoms with Crippen LogP contribution in [0.25, 0.3) is 5.57 Å². The van der Waals surface area contributed by atoms with Gasteiger partial charge in [-0.3, -0.25) is 4.99 Å². The van der Waals surface area contributed by atoms with Crippen LogP contribution in [0.3, 0.4) is 0 Å². The average Bonchev–Trinajstić information content (AvgIpc) is 2.53. The molecule has 3 rings (SSSR count). The maximum absolute atomic E-state index is 4.31. The monoisotopic (exact) mass is 344 g/mol. The van der Waals surface area contributed by atoms with Crippen LogP contribution in [-0.2, 0) is 0 Å². The molecule has 0 aromatic carbocycles. The van der Waals surface area contributed by atoms with Crippen LogP contribution in [0.5, 0.6) is 0 Å². The predicted molar refractivity (Wildman–Crippen MR) is 70.5 cm³/mol. The average molecular weight is 346 g/mol. The zero-order valence-electron chi connectivity index (χ0n) is 7.58. The van der Waals surface area contributed by atoms with Crippen molar-refractivity contribution in [1.29, 1.82) is 0 Å². The molecule has 3 heterocycles. The third kappa shape index (κ3) is 1.70. The number of hydrogen-bond acceptors (Lipinski definition) is 3. The second-order valence-electron chi connectivity index (χ2n) is 3.40. The van der Waals surface area contributed by atoms with Crippen LogP contribution >= 0.6 is 43.6 Å². The minimum atomic E-state index is 0.503. The Morgan fingerprint density at radius 2 is 2.27 bits per heavy atom. The fourth-order valence-electron chi connectivity index (χ4n) is 1.77. The van der Waals surface area contributed by atoms with Crippen molar-refractivity contribution in [3.05, 3.63) is 28.6 Å². The van der Waals surface area contributed by atoms with E-state index in [2.05, 4.69) is 47.9 Å². The number of fused-ring (bicyclic) bond motifs is 3. The Labute approximate surface area is 109 Å². The highest BCUT2D eigenvalue weighted by Gasteiger charge is 2.30. The molecule has 2 nitrogen and oxygen atoms in total. The van der Waals surface area contributed by atoms with Gasteiger partial charge in [0, 0.05) is 34.5 Å². The second kappa shape index (κ2) is 3.71. The van der Waals surface area contributed by atoms with E-state index in [0.717, 1.165) is 15.6 Å². The van der Waals surface area contributed by atoms with Gasteiger partial charge in [-0.15, -0.1) is 11.8 Å². The van der Waals surface area contributed by atoms with E-state index in [1.54, 1.807) is 0 Å². The second-order valence-corrected chi connectivity index (χ2v) is 6.38. The van der Waals surface area contributed by atoms with E-state index in [1.165, 1.54) is 16.0 Å². The minimum absolute atomic E-state index is 0.503. The van der Waals surface area contributed by atoms with Gasteiger partial charge in [-0.25, -0.2) is 4.98 Å². The molecule has 2 aliphatic heterocycles. The molecule has 1 atom stereocenters. The summed E-state index contributed by atoms with van der Waals surface area (Å²) in [6.45, 7) is 0. The Morgan fingerprint density at radius 3 is 3.13 bits per heavy atom. The number of nitrogens with zero attached hydrogens (tertiary/aromatic N) is 2. The molecule has 1 aromatic rings. The fraction of sp³-hybridized carbons (Fsp3) is 0.200. The summed E-state index contributed by atoms with van der Waals surface area (Å²) in [5.74, 6) is 0. The van der Waals surface area contributed by atoms with Crippen molar-refractivity contribution in [1.82, 2.24) is 4.98 Å². The summed E-state index contributed by atoms with van der Waals surface area (Å²) in [5, 5.41) is 0.503. The number of aromatic nitrogens is 1. The van der Waals surface area contributed by atoms with Crippen molar-refractivity contribution in [2.75, 3.05) is 0 Å². The van der Waals surface area contributed by atoms with Gasteiger partial charge in [-0.1, -0.05) is 0 Å². The first-order valence-corrected chi connectivity index (χ1v) is 6.95. The highest BCUT2D eigenvalue weighted by molar-refractivity contribution is 9.18. The van der Waals surface area contributed by atoms with Crippen molar-refractivity contribution < 1.29 is 0 Å². The van der Waals surface area contributed by atoms with Crippen molar-refractivity contribution in [2.45, 2.75) is 16.6 Å². The molecular formula is C10H6Br2N2S. The fourth-order valence-corrected chi connectivity index (χ4v) is 4.23. The predicted octanol–water partition coefficient (Wildman–Crippen LogP) is 3.86. The van der Waals surface area contributed by atoms with E-state index in [0.29, 0.717) is 5.25 Å². The Hall–Kier alpha value is -0.130. The molecule has 0 saturated carbocycles. The molecule has 76 valence electrons. The van der Waals surface area contributed by atoms with Crippen molar-refractivity contribution in [2.24, 2.45) is 4.99 Å². The number of hydrogen-bond donors (Lipinski definition) is 0. The largest absolute Gasteiger partial charge is 0.253 e. The maximum atomic E-state index is 4.31. The standard InChI is InChI=1S/C10H6Br2N2S/c11-9-1-7-5(3-13-9)6-4-14-10(12)2-8(6)15-7/h1,3-4,8H,2H2. The SMILES string of the molecule is BrC1=NC=C2c3cnc(Br)cc3SC2C1. The number of thioether (sulfide) groups is 1. The molecule has 15 heavy (non-hydrogen) atoms. The molecule has 0 radical (unpaired) electrons. The van der Waals surface area contributed by atoms with Crippen molar-refractivity contribution >= 4 is 53.8 Å². The number of pyridine rings is 1. The van der Waals surface area contributed by atoms with Crippen LogP contribution in [0.1, 0.15) is 12.0 Å². The Bertz CT molecular complexity index is 496. The quantitative estimate of drug-likeness (QED) is 0.667. The highest BCUT2D eigenvalue weighted by Crippen LogP contribution is 2.48. The van der Waals surface area contributed by atoms with E-state index in [9.17, 15) is 0 Å². The molecule has 1 aromatic heterocycles. The van der Waals surface area contributed by atoms with Crippen molar-refractivity contribution in [3.63, 3.8) is 0 Å². The molecule has 0 saturated heterocycles. The van der Waals surface area contributed by atoms with Gasteiger partial charge in [0.1, 0.15) is 4.60 Å². The van der Waals surface area contributed by atoms with E-state index < -0.39 is 0 Å². The molecular weight excluding hydrogens is 340 g/mol. The van der Waals surface area contributed by atoms with Gasteiger partial charge in [0.2, 0.25) is 0 Å². The zero-order chi connectivity index (χ0) is 10.4. The lowest BCUT2D eigenvalue weighted by Gasteiger charge is -2.13. The Morgan fingerprint density at radius 1 is 1.40 bits per heavy atom. The van der Waals surface area contributed by atoms with Gasteiger partial charge in [0.25, 0.3) is 0 Å². The van der Waals surface area contributed by atoms with Crippen LogP contribution in [0.4, 0.5) is 0 Å². The number of rotatable bonds is 0. The molecule has 2 aliphatic rings. The summed E-state index contributed by atoms with van der Waals surface area (Å²) in [6, 6.07) is 2.08. The normalized spacial score (nSPS) is 22.9. The van der Waals surface area contributed by atoms with E-state index >= 15 is 0 Å². The Kier molecular flexibility index (Phi) is 2.49.